The molecule has 1 aliphatic heterocycles. The summed E-state index contributed by atoms with van der Waals surface area (Å²) in [5, 5.41) is 9.22. The van der Waals surface area contributed by atoms with Crippen LogP contribution in [-0.4, -0.2) is 41.2 Å². The smallest absolute Gasteiger partial charge is 0.307 e. The average molecular weight is 348 g/mol. The van der Waals surface area contributed by atoms with E-state index in [1.54, 1.807) is 7.11 Å². The van der Waals surface area contributed by atoms with Gasteiger partial charge in [0.1, 0.15) is 5.75 Å². The lowest BCUT2D eigenvalue weighted by Crippen LogP contribution is -2.38. The van der Waals surface area contributed by atoms with E-state index in [2.05, 4.69) is 9.88 Å². The Morgan fingerprint density at radius 3 is 3.08 bits per heavy atom. The Morgan fingerprint density at radius 1 is 1.50 bits per heavy atom. The molecule has 0 amide bonds. The summed E-state index contributed by atoms with van der Waals surface area (Å²) in [5.41, 5.74) is 1.69. The zero-order valence-corrected chi connectivity index (χ0v) is 14.3. The number of benzene rings is 1. The second kappa shape index (κ2) is 7.19. The van der Waals surface area contributed by atoms with E-state index in [4.69, 9.17) is 4.74 Å². The summed E-state index contributed by atoms with van der Waals surface area (Å²) >= 11 is 1.18. The van der Waals surface area contributed by atoms with Gasteiger partial charge in [-0.05, 0) is 31.5 Å². The summed E-state index contributed by atoms with van der Waals surface area (Å²) in [7, 11) is 1.61. The first-order valence-corrected chi connectivity index (χ1v) is 8.70. The van der Waals surface area contributed by atoms with E-state index in [-0.39, 0.29) is 10.8 Å². The van der Waals surface area contributed by atoms with Gasteiger partial charge in [0.05, 0.1) is 18.7 Å². The van der Waals surface area contributed by atoms with Crippen LogP contribution in [0, 0.1) is 5.92 Å². The van der Waals surface area contributed by atoms with E-state index in [0.717, 1.165) is 41.3 Å². The van der Waals surface area contributed by atoms with Crippen LogP contribution in [0.4, 0.5) is 0 Å². The first-order valence-electron chi connectivity index (χ1n) is 7.88. The monoisotopic (exact) mass is 348 g/mol. The van der Waals surface area contributed by atoms with Crippen molar-refractivity contribution in [2.24, 2.45) is 5.92 Å². The maximum Gasteiger partial charge on any atom is 0.307 e. The number of rotatable bonds is 5. The van der Waals surface area contributed by atoms with E-state index < -0.39 is 5.97 Å². The number of hydrogen-bond donors (Lipinski definition) is 2. The van der Waals surface area contributed by atoms with E-state index in [0.29, 0.717) is 13.1 Å². The van der Waals surface area contributed by atoms with Crippen molar-refractivity contribution in [2.45, 2.75) is 19.4 Å². The van der Waals surface area contributed by atoms with E-state index in [1.807, 2.05) is 24.3 Å². The minimum Gasteiger partial charge on any atom is -0.497 e. The summed E-state index contributed by atoms with van der Waals surface area (Å²) < 4.78 is 5.25. The fourth-order valence-electron chi connectivity index (χ4n) is 3.09. The number of hydrogen-bond acceptors (Lipinski definition) is 5. The lowest BCUT2D eigenvalue weighted by Gasteiger charge is -2.30. The van der Waals surface area contributed by atoms with Crippen molar-refractivity contribution in [3.63, 3.8) is 0 Å². The molecule has 1 aromatic heterocycles. The number of aliphatic carboxylic acids is 1. The van der Waals surface area contributed by atoms with Crippen molar-refractivity contribution in [3.05, 3.63) is 38.8 Å². The molecule has 2 heterocycles. The highest BCUT2D eigenvalue weighted by atomic mass is 32.1. The molecule has 1 fully saturated rings. The topological polar surface area (TPSA) is 82.6 Å². The Bertz CT molecular complexity index is 783. The van der Waals surface area contributed by atoms with Gasteiger partial charge in [0, 0.05) is 23.5 Å². The number of nitrogens with zero attached hydrogens (tertiary/aromatic N) is 1. The van der Waals surface area contributed by atoms with Gasteiger partial charge in [0.15, 0.2) is 0 Å². The summed E-state index contributed by atoms with van der Waals surface area (Å²) in [6.07, 6.45) is 1.59. The lowest BCUT2D eigenvalue weighted by molar-refractivity contribution is -0.143. The van der Waals surface area contributed by atoms with Crippen LogP contribution in [0.5, 0.6) is 5.75 Å². The molecule has 0 saturated carbocycles. The second-order valence-electron chi connectivity index (χ2n) is 5.96. The first-order chi connectivity index (χ1) is 11.6. The van der Waals surface area contributed by atoms with Crippen LogP contribution in [0.25, 0.3) is 11.3 Å². The van der Waals surface area contributed by atoms with Crippen LogP contribution in [0.1, 0.15) is 17.7 Å². The van der Waals surface area contributed by atoms with Gasteiger partial charge < -0.3 is 14.8 Å². The third-order valence-electron chi connectivity index (χ3n) is 4.30. The molecule has 1 unspecified atom stereocenters. The van der Waals surface area contributed by atoms with Crippen LogP contribution in [0.15, 0.2) is 29.1 Å². The quantitative estimate of drug-likeness (QED) is 0.867. The standard InChI is InChI=1S/C17H20N2O4S/c1-23-13-6-2-4-11(8-13)15-14(24-17(22)18-15)10-19-7-3-5-12(9-19)16(20)21/h2,4,6,8,12H,3,5,7,9-10H2,1H3,(H,18,22)(H,20,21). The Morgan fingerprint density at radius 2 is 2.33 bits per heavy atom. The molecule has 6 nitrogen and oxygen atoms in total. The van der Waals surface area contributed by atoms with Crippen molar-refractivity contribution < 1.29 is 14.6 Å². The van der Waals surface area contributed by atoms with Crippen molar-refractivity contribution in [1.29, 1.82) is 0 Å². The Labute approximate surface area is 143 Å². The summed E-state index contributed by atoms with van der Waals surface area (Å²) in [5.74, 6) is -0.334. The normalized spacial score (nSPS) is 18.5. The number of likely N-dealkylation sites (tertiary alicyclic amines) is 1. The van der Waals surface area contributed by atoms with E-state index in [1.165, 1.54) is 11.3 Å². The Hall–Kier alpha value is -2.12. The van der Waals surface area contributed by atoms with Crippen molar-refractivity contribution in [2.75, 3.05) is 20.2 Å². The van der Waals surface area contributed by atoms with Gasteiger partial charge >= 0.3 is 10.8 Å². The highest BCUT2D eigenvalue weighted by Gasteiger charge is 2.26. The molecule has 1 aromatic carbocycles. The molecular formula is C17H20N2O4S. The fourth-order valence-corrected chi connectivity index (χ4v) is 3.98. The van der Waals surface area contributed by atoms with Crippen LogP contribution in [-0.2, 0) is 11.3 Å². The molecule has 128 valence electrons. The predicted molar refractivity (Wildman–Crippen MR) is 92.6 cm³/mol. The zero-order chi connectivity index (χ0) is 17.1. The molecule has 2 aromatic rings. The molecule has 0 spiro atoms. The van der Waals surface area contributed by atoms with Crippen LogP contribution in [0.2, 0.25) is 0 Å². The number of thiazole rings is 1. The molecule has 1 saturated heterocycles. The van der Waals surface area contributed by atoms with Gasteiger partial charge in [-0.25, -0.2) is 0 Å². The van der Waals surface area contributed by atoms with Crippen LogP contribution < -0.4 is 9.61 Å². The third-order valence-corrected chi connectivity index (χ3v) is 5.17. The number of carbonyl (C=O) groups is 1. The molecule has 7 heteroatoms. The van der Waals surface area contributed by atoms with Gasteiger partial charge in [-0.3, -0.25) is 14.5 Å². The lowest BCUT2D eigenvalue weighted by atomic mass is 9.98. The highest BCUT2D eigenvalue weighted by Crippen LogP contribution is 2.28. The van der Waals surface area contributed by atoms with E-state index in [9.17, 15) is 14.7 Å². The van der Waals surface area contributed by atoms with Gasteiger partial charge in [0.25, 0.3) is 0 Å². The SMILES string of the molecule is COc1cccc(-c2[nH]c(=O)sc2CN2CCCC(C(=O)O)C2)c1. The number of piperidine rings is 1. The average Bonchev–Trinajstić information content (AvgIpc) is 2.95. The van der Waals surface area contributed by atoms with Gasteiger partial charge in [-0.15, -0.1) is 0 Å². The largest absolute Gasteiger partial charge is 0.497 e. The van der Waals surface area contributed by atoms with Gasteiger partial charge in [-0.2, -0.15) is 0 Å². The number of carboxylic acids is 1. The maximum atomic E-state index is 11.9. The van der Waals surface area contributed by atoms with Crippen molar-refractivity contribution in [3.8, 4) is 17.0 Å². The molecule has 2 N–H and O–H groups in total. The number of H-pyrrole nitrogens is 1. The zero-order valence-electron chi connectivity index (χ0n) is 13.4. The van der Waals surface area contributed by atoms with Crippen LogP contribution in [0.3, 0.4) is 0 Å². The Kier molecular flexibility index (Phi) is 5.01. The molecule has 24 heavy (non-hydrogen) atoms. The van der Waals surface area contributed by atoms with Gasteiger partial charge in [-0.1, -0.05) is 23.5 Å². The van der Waals surface area contributed by atoms with Crippen molar-refractivity contribution in [1.82, 2.24) is 9.88 Å². The molecule has 1 aliphatic rings. The Balaban J connectivity index is 1.84. The van der Waals surface area contributed by atoms with E-state index >= 15 is 0 Å². The van der Waals surface area contributed by atoms with Crippen molar-refractivity contribution >= 4 is 17.3 Å². The number of carboxylic acid groups (broad SMARTS) is 1. The fraction of sp³-hybridized carbons (Fsp3) is 0.412. The molecule has 3 rings (SSSR count). The number of aromatic nitrogens is 1. The summed E-state index contributed by atoms with van der Waals surface area (Å²) in [6, 6.07) is 7.56. The maximum absolute atomic E-state index is 11.9. The minimum absolute atomic E-state index is 0.102. The molecule has 1 atom stereocenters. The molecule has 0 radical (unpaired) electrons. The third kappa shape index (κ3) is 3.68. The minimum atomic E-state index is -0.741. The summed E-state index contributed by atoms with van der Waals surface area (Å²) in [6.45, 7) is 1.96. The number of methoxy groups -OCH3 is 1. The van der Waals surface area contributed by atoms with Crippen LogP contribution >= 0.6 is 11.3 Å². The number of ether oxygens (including phenoxy) is 1. The molecule has 0 bridgehead atoms. The molecular weight excluding hydrogens is 328 g/mol. The number of aromatic amines is 1. The predicted octanol–water partition coefficient (Wildman–Crippen LogP) is 2.41. The first kappa shape index (κ1) is 16.7. The molecule has 0 aliphatic carbocycles. The second-order valence-corrected chi connectivity index (χ2v) is 7.02. The van der Waals surface area contributed by atoms with Gasteiger partial charge in [0.2, 0.25) is 0 Å². The number of nitrogens with one attached hydrogen (secondary N) is 1. The highest BCUT2D eigenvalue weighted by molar-refractivity contribution is 7.09. The summed E-state index contributed by atoms with van der Waals surface area (Å²) in [4.78, 5) is 28.9.